The maximum Gasteiger partial charge on any atom is 0.417 e. The molecule has 1 aliphatic carbocycles. The number of nitrogens with zero attached hydrogens (tertiary/aromatic N) is 6. The number of aryl methyl sites for hydroxylation is 1. The van der Waals surface area contributed by atoms with Crippen molar-refractivity contribution in [3.05, 3.63) is 41.2 Å². The summed E-state index contributed by atoms with van der Waals surface area (Å²) in [4.78, 5) is 43.5. The van der Waals surface area contributed by atoms with E-state index < -0.39 is 6.09 Å². The quantitative estimate of drug-likeness (QED) is 0.526. The molecule has 3 aliphatic rings. The fraction of sp³-hybridized carbons (Fsp3) is 0.607. The van der Waals surface area contributed by atoms with Crippen LogP contribution in [0.3, 0.4) is 0 Å². The minimum atomic E-state index is -0.416. The summed E-state index contributed by atoms with van der Waals surface area (Å²) >= 11 is 0. The number of hydrogen-bond donors (Lipinski definition) is 1. The minimum Gasteiger partial charge on any atom is -0.447 e. The molecular weight excluding hydrogens is 482 g/mol. The van der Waals surface area contributed by atoms with Crippen molar-refractivity contribution in [2.45, 2.75) is 71.5 Å². The molecule has 2 aliphatic heterocycles. The van der Waals surface area contributed by atoms with Gasteiger partial charge in [0.25, 0.3) is 0 Å². The molecule has 1 unspecified atom stereocenters. The number of amides is 2. The van der Waals surface area contributed by atoms with E-state index in [2.05, 4.69) is 56.4 Å². The Morgan fingerprint density at radius 1 is 1.08 bits per heavy atom. The number of anilines is 2. The lowest BCUT2D eigenvalue weighted by atomic mass is 9.96. The Kier molecular flexibility index (Phi) is 7.78. The van der Waals surface area contributed by atoms with Crippen molar-refractivity contribution in [1.29, 1.82) is 0 Å². The number of piperazine rings is 1. The zero-order chi connectivity index (χ0) is 26.8. The Morgan fingerprint density at radius 3 is 2.39 bits per heavy atom. The monoisotopic (exact) mass is 521 g/mol. The summed E-state index contributed by atoms with van der Waals surface area (Å²) in [5.74, 6) is 2.29. The van der Waals surface area contributed by atoms with E-state index in [1.54, 1.807) is 13.8 Å². The molecule has 3 fully saturated rings. The molecule has 38 heavy (non-hydrogen) atoms. The molecule has 204 valence electrons. The largest absolute Gasteiger partial charge is 0.447 e. The average Bonchev–Trinajstić information content (AvgIpc) is 3.66. The van der Waals surface area contributed by atoms with Crippen molar-refractivity contribution in [2.24, 2.45) is 5.92 Å². The van der Waals surface area contributed by atoms with Crippen molar-refractivity contribution >= 4 is 23.9 Å². The lowest BCUT2D eigenvalue weighted by Crippen LogP contribution is -2.49. The van der Waals surface area contributed by atoms with Crippen LogP contribution in [0.1, 0.15) is 75.5 Å². The molecule has 0 bridgehead atoms. The smallest absolute Gasteiger partial charge is 0.417 e. The van der Waals surface area contributed by atoms with Gasteiger partial charge in [0.15, 0.2) is 0 Å². The van der Waals surface area contributed by atoms with E-state index in [0.29, 0.717) is 30.4 Å². The first kappa shape index (κ1) is 26.3. The Bertz CT molecular complexity index is 1150. The first-order valence-corrected chi connectivity index (χ1v) is 13.9. The normalized spacial score (nSPS) is 21.8. The highest BCUT2D eigenvalue weighted by atomic mass is 16.6. The van der Waals surface area contributed by atoms with Crippen LogP contribution >= 0.6 is 0 Å². The molecule has 1 aromatic carbocycles. The third-order valence-electron chi connectivity index (χ3n) is 8.00. The first-order valence-electron chi connectivity index (χ1n) is 13.9. The van der Waals surface area contributed by atoms with Crippen molar-refractivity contribution in [3.63, 3.8) is 0 Å². The second kappa shape index (κ2) is 11.2. The molecule has 1 aromatic heterocycles. The van der Waals surface area contributed by atoms with Gasteiger partial charge in [0.05, 0.1) is 12.1 Å². The van der Waals surface area contributed by atoms with Crippen molar-refractivity contribution in [1.82, 2.24) is 24.8 Å². The van der Waals surface area contributed by atoms with Crippen molar-refractivity contribution in [3.8, 4) is 0 Å². The Labute approximate surface area is 224 Å². The molecule has 10 nitrogen and oxygen atoms in total. The summed E-state index contributed by atoms with van der Waals surface area (Å²) in [5, 5.41) is 3.39. The number of aromatic nitrogens is 3. The molecule has 3 heterocycles. The molecular formula is C28H39N7O3. The van der Waals surface area contributed by atoms with Crippen LogP contribution in [-0.2, 0) is 9.53 Å². The predicted octanol–water partition coefficient (Wildman–Crippen LogP) is 4.09. The van der Waals surface area contributed by atoms with E-state index in [0.717, 1.165) is 44.1 Å². The van der Waals surface area contributed by atoms with Gasteiger partial charge in [0, 0.05) is 39.1 Å². The molecule has 0 spiro atoms. The number of carbonyl (C=O) groups excluding carboxylic acids is 2. The van der Waals surface area contributed by atoms with Gasteiger partial charge in [0.2, 0.25) is 17.8 Å². The number of benzene rings is 1. The van der Waals surface area contributed by atoms with E-state index in [1.807, 2.05) is 11.8 Å². The van der Waals surface area contributed by atoms with Gasteiger partial charge in [-0.05, 0) is 43.7 Å². The van der Waals surface area contributed by atoms with Crippen LogP contribution in [0.5, 0.6) is 0 Å². The van der Waals surface area contributed by atoms with Crippen LogP contribution in [0.2, 0.25) is 0 Å². The van der Waals surface area contributed by atoms with E-state index in [4.69, 9.17) is 4.74 Å². The number of cyclic esters (lactones) is 1. The van der Waals surface area contributed by atoms with Crippen LogP contribution in [0, 0.1) is 12.8 Å². The molecule has 0 radical (unpaired) electrons. The van der Waals surface area contributed by atoms with Gasteiger partial charge in [-0.2, -0.15) is 15.0 Å². The van der Waals surface area contributed by atoms with Gasteiger partial charge in [-0.25, -0.2) is 9.69 Å². The standard InChI is InChI=1S/C28H39N7O3/c1-5-24-17-38-28(37)35(24)27-31-19(3)30-26(32-27)29-18(2)22-8-10-23(11-9-22)25(16-21-6-7-21)34-14-12-33(13-15-34)20(4)36/h8-11,18,21,24-25H,5-7,12-17H2,1-4H3,(H,29,30,31,32)/t18-,24-,25?/m0/s1. The van der Waals surface area contributed by atoms with E-state index >= 15 is 0 Å². The highest BCUT2D eigenvalue weighted by molar-refractivity contribution is 5.88. The lowest BCUT2D eigenvalue weighted by Gasteiger charge is -2.39. The fourth-order valence-electron chi connectivity index (χ4n) is 5.44. The van der Waals surface area contributed by atoms with Gasteiger partial charge >= 0.3 is 6.09 Å². The van der Waals surface area contributed by atoms with E-state index in [9.17, 15) is 9.59 Å². The summed E-state index contributed by atoms with van der Waals surface area (Å²) in [6.45, 7) is 11.3. The molecule has 10 heteroatoms. The fourth-order valence-corrected chi connectivity index (χ4v) is 5.44. The molecule has 2 aromatic rings. The van der Waals surface area contributed by atoms with Gasteiger partial charge in [-0.1, -0.05) is 44.0 Å². The Hall–Kier alpha value is -3.27. The Morgan fingerprint density at radius 2 is 1.76 bits per heavy atom. The number of hydrogen-bond acceptors (Lipinski definition) is 8. The number of ether oxygens (including phenoxy) is 1. The molecule has 1 saturated carbocycles. The SMILES string of the molecule is CC[C@H]1COC(=O)N1c1nc(C)nc(N[C@@H](C)c2ccc(C(CC3CC3)N3CCN(C(C)=O)CC3)cc2)n1. The third-order valence-corrected chi connectivity index (χ3v) is 8.00. The maximum absolute atomic E-state index is 12.3. The van der Waals surface area contributed by atoms with Crippen molar-refractivity contribution < 1.29 is 14.3 Å². The van der Waals surface area contributed by atoms with E-state index in [1.165, 1.54) is 29.7 Å². The Balaban J connectivity index is 1.28. The van der Waals surface area contributed by atoms with E-state index in [-0.39, 0.29) is 18.0 Å². The highest BCUT2D eigenvalue weighted by Crippen LogP contribution is 2.40. The number of rotatable bonds is 9. The van der Waals surface area contributed by atoms with Gasteiger partial charge in [-0.3, -0.25) is 9.69 Å². The zero-order valence-corrected chi connectivity index (χ0v) is 22.9. The highest BCUT2D eigenvalue weighted by Gasteiger charge is 2.36. The molecule has 3 atom stereocenters. The molecule has 2 amide bonds. The minimum absolute atomic E-state index is 0.0350. The lowest BCUT2D eigenvalue weighted by molar-refractivity contribution is -0.130. The van der Waals surface area contributed by atoms with Crippen LogP contribution in [0.25, 0.3) is 0 Å². The average molecular weight is 522 g/mol. The second-order valence-corrected chi connectivity index (χ2v) is 10.8. The third kappa shape index (κ3) is 5.90. The summed E-state index contributed by atoms with van der Waals surface area (Å²) < 4.78 is 5.22. The first-order chi connectivity index (χ1) is 18.3. The summed E-state index contributed by atoms with van der Waals surface area (Å²) in [5.41, 5.74) is 2.47. The molecule has 5 rings (SSSR count). The molecule has 1 N–H and O–H groups in total. The van der Waals surface area contributed by atoms with Gasteiger partial charge < -0.3 is 15.0 Å². The van der Waals surface area contributed by atoms with Gasteiger partial charge in [-0.15, -0.1) is 0 Å². The van der Waals surface area contributed by atoms with Crippen molar-refractivity contribution in [2.75, 3.05) is 43.0 Å². The van der Waals surface area contributed by atoms with Crippen LogP contribution < -0.4 is 10.2 Å². The van der Waals surface area contributed by atoms with Crippen LogP contribution in [0.4, 0.5) is 16.7 Å². The second-order valence-electron chi connectivity index (χ2n) is 10.8. The van der Waals surface area contributed by atoms with Crippen LogP contribution in [-0.4, -0.2) is 75.6 Å². The number of carbonyl (C=O) groups is 2. The summed E-state index contributed by atoms with van der Waals surface area (Å²) in [6.07, 6.45) is 4.17. The summed E-state index contributed by atoms with van der Waals surface area (Å²) in [6, 6.07) is 9.12. The zero-order valence-electron chi connectivity index (χ0n) is 22.9. The predicted molar refractivity (Wildman–Crippen MR) is 145 cm³/mol. The molecule has 2 saturated heterocycles. The number of nitrogens with one attached hydrogen (secondary N) is 1. The maximum atomic E-state index is 12.3. The van der Waals surface area contributed by atoms with Crippen LogP contribution in [0.15, 0.2) is 24.3 Å². The topological polar surface area (TPSA) is 104 Å². The van der Waals surface area contributed by atoms with Gasteiger partial charge in [0.1, 0.15) is 12.4 Å². The summed E-state index contributed by atoms with van der Waals surface area (Å²) in [7, 11) is 0.